The summed E-state index contributed by atoms with van der Waals surface area (Å²) in [7, 11) is 0. The molecule has 0 saturated carbocycles. The number of thiazole rings is 1. The summed E-state index contributed by atoms with van der Waals surface area (Å²) in [5, 5.41) is 11.1. The van der Waals surface area contributed by atoms with E-state index >= 15 is 0 Å². The lowest BCUT2D eigenvalue weighted by atomic mass is 9.63. The van der Waals surface area contributed by atoms with Crippen LogP contribution in [0.3, 0.4) is 0 Å². The summed E-state index contributed by atoms with van der Waals surface area (Å²) in [6.07, 6.45) is 5.06. The minimum Gasteiger partial charge on any atom is -0.481 e. The third-order valence-electron chi connectivity index (χ3n) is 6.20. The number of hydrogen-bond acceptors (Lipinski definition) is 4. The summed E-state index contributed by atoms with van der Waals surface area (Å²) in [6.45, 7) is 17.8. The fourth-order valence-corrected chi connectivity index (χ4v) is 5.02. The number of carbonyl (C=O) groups is 1. The molecular formula is C26H40N2O2S. The Bertz CT molecular complexity index is 864. The van der Waals surface area contributed by atoms with Crippen molar-refractivity contribution in [2.75, 3.05) is 18.0 Å². The summed E-state index contributed by atoms with van der Waals surface area (Å²) >= 11 is 1.78. The molecule has 0 atom stereocenters. The maximum absolute atomic E-state index is 9.37. The molecule has 0 bridgehead atoms. The van der Waals surface area contributed by atoms with Crippen LogP contribution in [0.1, 0.15) is 91.7 Å². The van der Waals surface area contributed by atoms with Crippen LogP contribution < -0.4 is 4.90 Å². The molecule has 0 saturated heterocycles. The Morgan fingerprint density at radius 3 is 2.10 bits per heavy atom. The summed E-state index contributed by atoms with van der Waals surface area (Å²) in [6, 6.07) is 7.06. The average molecular weight is 445 g/mol. The van der Waals surface area contributed by atoms with Gasteiger partial charge in [-0.25, -0.2) is 4.98 Å². The Balaban J connectivity index is 0.000000614. The number of aromatic nitrogens is 1. The molecule has 0 fully saturated rings. The standard InChI is InChI=1S/C23H34N2S.C3H6O2/c1-7-13-25(14-8-2)21-24-20(16-26-21)17-9-10-18-19(15-17)23(5,6)12-11-22(18,3)4;1-2-3(4)5/h9-10,15-16H,7-8,11-14H2,1-6H3;2H2,1H3,(H,4,5). The van der Waals surface area contributed by atoms with Crippen molar-refractivity contribution in [1.82, 2.24) is 4.98 Å². The number of aliphatic carboxylic acids is 1. The molecule has 1 aromatic carbocycles. The molecule has 1 aliphatic rings. The van der Waals surface area contributed by atoms with Crippen molar-refractivity contribution in [2.45, 2.75) is 91.4 Å². The van der Waals surface area contributed by atoms with Crippen LogP contribution in [0, 0.1) is 0 Å². The number of carboxylic acids is 1. The fraction of sp³-hybridized carbons (Fsp3) is 0.615. The minimum absolute atomic E-state index is 0.222. The van der Waals surface area contributed by atoms with Gasteiger partial charge in [0.05, 0.1) is 5.69 Å². The van der Waals surface area contributed by atoms with Crippen LogP contribution in [0.2, 0.25) is 0 Å². The highest BCUT2D eigenvalue weighted by atomic mass is 32.1. The normalized spacial score (nSPS) is 16.1. The average Bonchev–Trinajstić information content (AvgIpc) is 3.22. The molecule has 1 aliphatic carbocycles. The molecule has 0 unspecified atom stereocenters. The molecule has 4 nitrogen and oxygen atoms in total. The van der Waals surface area contributed by atoms with Gasteiger partial charge >= 0.3 is 5.97 Å². The largest absolute Gasteiger partial charge is 0.481 e. The van der Waals surface area contributed by atoms with Crippen LogP contribution in [-0.4, -0.2) is 29.1 Å². The SMILES string of the molecule is CCC(=O)O.CCCN(CCC)c1nc(-c2ccc3c(c2)C(C)(C)CCC3(C)C)cs1. The van der Waals surface area contributed by atoms with E-state index in [2.05, 4.69) is 70.0 Å². The van der Waals surface area contributed by atoms with E-state index in [1.54, 1.807) is 18.3 Å². The van der Waals surface area contributed by atoms with Gasteiger partial charge in [0.1, 0.15) is 0 Å². The lowest BCUT2D eigenvalue weighted by Crippen LogP contribution is -2.33. The monoisotopic (exact) mass is 444 g/mol. The molecule has 1 heterocycles. The third kappa shape index (κ3) is 6.31. The van der Waals surface area contributed by atoms with Gasteiger partial charge in [-0.3, -0.25) is 4.79 Å². The van der Waals surface area contributed by atoms with Crippen LogP contribution in [0.4, 0.5) is 5.13 Å². The topological polar surface area (TPSA) is 53.4 Å². The number of fused-ring (bicyclic) bond motifs is 1. The first kappa shape index (κ1) is 25.4. The van der Waals surface area contributed by atoms with E-state index in [1.165, 1.54) is 34.7 Å². The van der Waals surface area contributed by atoms with Gasteiger partial charge in [-0.05, 0) is 53.7 Å². The summed E-state index contributed by atoms with van der Waals surface area (Å²) in [4.78, 5) is 16.8. The highest BCUT2D eigenvalue weighted by Gasteiger charge is 2.37. The van der Waals surface area contributed by atoms with Gasteiger partial charge in [0.2, 0.25) is 0 Å². The molecule has 1 N–H and O–H groups in total. The minimum atomic E-state index is -0.745. The smallest absolute Gasteiger partial charge is 0.303 e. The summed E-state index contributed by atoms with van der Waals surface area (Å²) < 4.78 is 0. The van der Waals surface area contributed by atoms with Crippen molar-refractivity contribution in [3.05, 3.63) is 34.7 Å². The lowest BCUT2D eigenvalue weighted by molar-refractivity contribution is -0.136. The zero-order chi connectivity index (χ0) is 23.2. The van der Waals surface area contributed by atoms with Crippen LogP contribution in [-0.2, 0) is 15.6 Å². The highest BCUT2D eigenvalue weighted by Crippen LogP contribution is 2.46. The number of rotatable bonds is 7. The molecule has 0 aliphatic heterocycles. The summed E-state index contributed by atoms with van der Waals surface area (Å²) in [5.41, 5.74) is 5.95. The van der Waals surface area contributed by atoms with E-state index < -0.39 is 5.97 Å². The molecule has 2 aromatic rings. The molecule has 0 amide bonds. The number of benzene rings is 1. The predicted molar refractivity (Wildman–Crippen MR) is 134 cm³/mol. The molecule has 1 aromatic heterocycles. The molecule has 0 spiro atoms. The number of anilines is 1. The van der Waals surface area contributed by atoms with E-state index in [0.717, 1.165) is 31.6 Å². The van der Waals surface area contributed by atoms with E-state index in [1.807, 2.05) is 0 Å². The zero-order valence-corrected chi connectivity index (χ0v) is 21.2. The van der Waals surface area contributed by atoms with Crippen LogP contribution in [0.5, 0.6) is 0 Å². The Hall–Kier alpha value is -1.88. The number of carboxylic acid groups (broad SMARTS) is 1. The Labute approximate surface area is 192 Å². The van der Waals surface area contributed by atoms with Crippen molar-refractivity contribution < 1.29 is 9.90 Å². The van der Waals surface area contributed by atoms with Crippen molar-refractivity contribution in [3.8, 4) is 11.3 Å². The van der Waals surface area contributed by atoms with Gasteiger partial charge in [-0.15, -0.1) is 11.3 Å². The van der Waals surface area contributed by atoms with Gasteiger partial charge in [-0.1, -0.05) is 60.6 Å². The zero-order valence-electron chi connectivity index (χ0n) is 20.4. The van der Waals surface area contributed by atoms with E-state index in [0.29, 0.717) is 0 Å². The van der Waals surface area contributed by atoms with Crippen molar-refractivity contribution in [3.63, 3.8) is 0 Å². The second-order valence-corrected chi connectivity index (χ2v) is 10.6. The second kappa shape index (κ2) is 10.6. The number of nitrogens with zero attached hydrogens (tertiary/aromatic N) is 2. The van der Waals surface area contributed by atoms with Gasteiger partial charge in [0, 0.05) is 30.5 Å². The maximum Gasteiger partial charge on any atom is 0.303 e. The van der Waals surface area contributed by atoms with Gasteiger partial charge in [-0.2, -0.15) is 0 Å². The molecule has 31 heavy (non-hydrogen) atoms. The molecule has 172 valence electrons. The van der Waals surface area contributed by atoms with E-state index in [9.17, 15) is 4.79 Å². The van der Waals surface area contributed by atoms with Gasteiger partial charge in [0.25, 0.3) is 0 Å². The Morgan fingerprint density at radius 1 is 1.03 bits per heavy atom. The predicted octanol–water partition coefficient (Wildman–Crippen LogP) is 7.27. The van der Waals surface area contributed by atoms with Gasteiger partial charge < -0.3 is 10.0 Å². The molecule has 5 heteroatoms. The first-order valence-electron chi connectivity index (χ1n) is 11.6. The first-order valence-corrected chi connectivity index (χ1v) is 12.5. The number of hydrogen-bond donors (Lipinski definition) is 1. The summed E-state index contributed by atoms with van der Waals surface area (Å²) in [5.74, 6) is -0.745. The van der Waals surface area contributed by atoms with Crippen LogP contribution in [0.25, 0.3) is 11.3 Å². The fourth-order valence-electron chi connectivity index (χ4n) is 4.13. The third-order valence-corrected chi connectivity index (χ3v) is 7.10. The van der Waals surface area contributed by atoms with Crippen LogP contribution >= 0.6 is 11.3 Å². The first-order chi connectivity index (χ1) is 14.6. The quantitative estimate of drug-likeness (QED) is 0.488. The van der Waals surface area contributed by atoms with Crippen molar-refractivity contribution in [1.29, 1.82) is 0 Å². The Kier molecular flexibility index (Phi) is 8.70. The Morgan fingerprint density at radius 2 is 1.58 bits per heavy atom. The molecular weight excluding hydrogens is 404 g/mol. The lowest BCUT2D eigenvalue weighted by Gasteiger charge is -2.42. The highest BCUT2D eigenvalue weighted by molar-refractivity contribution is 7.14. The molecule has 0 radical (unpaired) electrons. The second-order valence-electron chi connectivity index (χ2n) is 9.78. The van der Waals surface area contributed by atoms with Crippen molar-refractivity contribution in [2.24, 2.45) is 0 Å². The van der Waals surface area contributed by atoms with E-state index in [-0.39, 0.29) is 17.3 Å². The van der Waals surface area contributed by atoms with Crippen LogP contribution in [0.15, 0.2) is 23.6 Å². The van der Waals surface area contributed by atoms with E-state index in [4.69, 9.17) is 10.1 Å². The van der Waals surface area contributed by atoms with Crippen molar-refractivity contribution >= 4 is 22.4 Å². The molecule has 3 rings (SSSR count). The van der Waals surface area contributed by atoms with Gasteiger partial charge in [0.15, 0.2) is 5.13 Å². The maximum atomic E-state index is 9.37.